The van der Waals surface area contributed by atoms with Crippen molar-refractivity contribution in [2.24, 2.45) is 0 Å². The number of carbonyl (C=O) groups excluding carboxylic acids is 2. The third kappa shape index (κ3) is 4.37. The van der Waals surface area contributed by atoms with Gasteiger partial charge in [0, 0.05) is 35.3 Å². The zero-order chi connectivity index (χ0) is 27.0. The van der Waals surface area contributed by atoms with Gasteiger partial charge in [-0.1, -0.05) is 41.9 Å². The Labute approximate surface area is 223 Å². The highest BCUT2D eigenvalue weighted by molar-refractivity contribution is 6.46. The molecule has 38 heavy (non-hydrogen) atoms. The average molecular weight is 535 g/mol. The van der Waals surface area contributed by atoms with E-state index >= 15 is 0 Å². The van der Waals surface area contributed by atoms with E-state index in [-0.39, 0.29) is 34.3 Å². The van der Waals surface area contributed by atoms with Crippen molar-refractivity contribution in [3.05, 3.63) is 100.0 Å². The van der Waals surface area contributed by atoms with Crippen LogP contribution >= 0.6 is 11.6 Å². The van der Waals surface area contributed by atoms with E-state index in [4.69, 9.17) is 21.1 Å². The van der Waals surface area contributed by atoms with Crippen molar-refractivity contribution in [1.29, 1.82) is 0 Å². The summed E-state index contributed by atoms with van der Waals surface area (Å²) in [7, 11) is 2.86. The van der Waals surface area contributed by atoms with Gasteiger partial charge in [0.25, 0.3) is 11.7 Å². The van der Waals surface area contributed by atoms with E-state index in [1.165, 1.54) is 43.4 Å². The number of aromatic nitrogens is 1. The molecule has 194 valence electrons. The van der Waals surface area contributed by atoms with Gasteiger partial charge in [-0.25, -0.2) is 4.39 Å². The molecule has 4 aromatic rings. The zero-order valence-corrected chi connectivity index (χ0v) is 21.4. The fourth-order valence-corrected chi connectivity index (χ4v) is 5.09. The summed E-state index contributed by atoms with van der Waals surface area (Å²) in [6.45, 7) is 0.164. The number of Topliss-reactive ketones (excluding diaryl/α,β-unsaturated/α-hetero) is 1. The standard InChI is InChI=1S/C29H24ClFN2O5/c1-37-23-14-24(38-2)21(30)13-19(23)27(34)25-26(20-15-32-22-6-4-3-5-18(20)22)33(29(36)28(25)35)12-11-16-7-9-17(31)10-8-16/h3-10,13-15,26,32,34H,11-12H2,1-2H3/b27-25+. The number of rotatable bonds is 7. The van der Waals surface area contributed by atoms with Crippen molar-refractivity contribution in [3.63, 3.8) is 0 Å². The van der Waals surface area contributed by atoms with Crippen LogP contribution < -0.4 is 9.47 Å². The number of likely N-dealkylation sites (tertiary alicyclic amines) is 1. The van der Waals surface area contributed by atoms with Crippen LogP contribution in [0.15, 0.2) is 72.4 Å². The van der Waals surface area contributed by atoms with Crippen LogP contribution in [0.1, 0.15) is 22.7 Å². The number of nitrogens with one attached hydrogen (secondary N) is 1. The van der Waals surface area contributed by atoms with Crippen molar-refractivity contribution >= 4 is 40.0 Å². The van der Waals surface area contributed by atoms with Gasteiger partial charge in [0.2, 0.25) is 0 Å². The Bertz CT molecular complexity index is 1580. The van der Waals surface area contributed by atoms with E-state index in [0.717, 1.165) is 16.5 Å². The average Bonchev–Trinajstić information content (AvgIpc) is 3.46. The quantitative estimate of drug-likeness (QED) is 0.182. The summed E-state index contributed by atoms with van der Waals surface area (Å²) in [4.78, 5) is 31.5. The molecule has 5 rings (SSSR count). The zero-order valence-electron chi connectivity index (χ0n) is 20.6. The highest BCUT2D eigenvalue weighted by Crippen LogP contribution is 2.44. The number of aromatic amines is 1. The number of aliphatic hydroxyl groups excluding tert-OH is 1. The van der Waals surface area contributed by atoms with Crippen LogP contribution in [0.3, 0.4) is 0 Å². The van der Waals surface area contributed by atoms with Gasteiger partial charge in [-0.05, 0) is 36.2 Å². The number of ether oxygens (including phenoxy) is 2. The fraction of sp³-hybridized carbons (Fsp3) is 0.172. The number of halogens is 2. The predicted molar refractivity (Wildman–Crippen MR) is 142 cm³/mol. The summed E-state index contributed by atoms with van der Waals surface area (Å²) in [5.74, 6) is -1.80. The monoisotopic (exact) mass is 534 g/mol. The molecule has 1 amide bonds. The minimum Gasteiger partial charge on any atom is -0.507 e. The number of carbonyl (C=O) groups is 2. The molecule has 3 aromatic carbocycles. The molecular weight excluding hydrogens is 511 g/mol. The van der Waals surface area contributed by atoms with E-state index in [1.807, 2.05) is 24.3 Å². The van der Waals surface area contributed by atoms with E-state index in [1.54, 1.807) is 18.3 Å². The largest absolute Gasteiger partial charge is 0.507 e. The van der Waals surface area contributed by atoms with Crippen molar-refractivity contribution in [2.75, 3.05) is 20.8 Å². The Balaban J connectivity index is 1.67. The molecule has 2 N–H and O–H groups in total. The molecule has 0 saturated carbocycles. The third-order valence-electron chi connectivity index (χ3n) is 6.74. The first-order chi connectivity index (χ1) is 18.3. The number of hydrogen-bond acceptors (Lipinski definition) is 5. The smallest absolute Gasteiger partial charge is 0.295 e. The van der Waals surface area contributed by atoms with Crippen molar-refractivity contribution in [3.8, 4) is 11.5 Å². The van der Waals surface area contributed by atoms with Gasteiger partial charge in [-0.3, -0.25) is 9.59 Å². The lowest BCUT2D eigenvalue weighted by Gasteiger charge is -2.25. The minimum absolute atomic E-state index is 0.0848. The van der Waals surface area contributed by atoms with Gasteiger partial charge >= 0.3 is 0 Å². The number of amides is 1. The molecule has 1 aliphatic heterocycles. The number of benzene rings is 3. The lowest BCUT2D eigenvalue weighted by atomic mass is 9.94. The van der Waals surface area contributed by atoms with Crippen LogP contribution in [-0.2, 0) is 16.0 Å². The molecule has 0 aliphatic carbocycles. The number of fused-ring (bicyclic) bond motifs is 1. The van der Waals surface area contributed by atoms with Crippen LogP contribution in [0.2, 0.25) is 5.02 Å². The lowest BCUT2D eigenvalue weighted by molar-refractivity contribution is -0.139. The van der Waals surface area contributed by atoms with Gasteiger partial charge in [-0.15, -0.1) is 0 Å². The van der Waals surface area contributed by atoms with E-state index < -0.39 is 23.5 Å². The number of H-pyrrole nitrogens is 1. The molecular formula is C29H24ClFN2O5. The molecule has 0 spiro atoms. The number of aliphatic hydroxyl groups is 1. The van der Waals surface area contributed by atoms with Crippen LogP contribution in [0.25, 0.3) is 16.7 Å². The Morgan fingerprint density at radius 2 is 1.76 bits per heavy atom. The number of nitrogens with zero attached hydrogens (tertiary/aromatic N) is 1. The Morgan fingerprint density at radius 1 is 1.05 bits per heavy atom. The number of hydrogen-bond donors (Lipinski definition) is 2. The highest BCUT2D eigenvalue weighted by Gasteiger charge is 2.47. The van der Waals surface area contributed by atoms with Crippen molar-refractivity contribution < 1.29 is 28.6 Å². The summed E-state index contributed by atoms with van der Waals surface area (Å²) in [6.07, 6.45) is 2.11. The molecule has 1 aromatic heterocycles. The third-order valence-corrected chi connectivity index (χ3v) is 7.03. The van der Waals surface area contributed by atoms with Gasteiger partial charge in [0.15, 0.2) is 0 Å². The Kier molecular flexibility index (Phi) is 6.82. The van der Waals surface area contributed by atoms with Crippen molar-refractivity contribution in [2.45, 2.75) is 12.5 Å². The summed E-state index contributed by atoms with van der Waals surface area (Å²) in [5.41, 5.74) is 2.34. The number of para-hydroxylation sites is 1. The predicted octanol–water partition coefficient (Wildman–Crippen LogP) is 5.64. The maximum Gasteiger partial charge on any atom is 0.295 e. The minimum atomic E-state index is -0.891. The first kappa shape index (κ1) is 25.4. The highest BCUT2D eigenvalue weighted by atomic mass is 35.5. The summed E-state index contributed by atoms with van der Waals surface area (Å²) in [5, 5.41) is 12.5. The normalized spacial score (nSPS) is 16.8. The second-order valence-corrected chi connectivity index (χ2v) is 9.25. The van der Waals surface area contributed by atoms with Crippen LogP contribution in [0, 0.1) is 5.82 Å². The van der Waals surface area contributed by atoms with Crippen LogP contribution in [0.5, 0.6) is 11.5 Å². The molecule has 0 bridgehead atoms. The Morgan fingerprint density at radius 3 is 2.47 bits per heavy atom. The summed E-state index contributed by atoms with van der Waals surface area (Å²) >= 11 is 6.34. The molecule has 9 heteroatoms. The maximum absolute atomic E-state index is 13.5. The molecule has 0 radical (unpaired) electrons. The summed E-state index contributed by atoms with van der Waals surface area (Å²) in [6, 6.07) is 15.5. The van der Waals surface area contributed by atoms with E-state index in [0.29, 0.717) is 17.7 Å². The molecule has 1 atom stereocenters. The second kappa shape index (κ2) is 10.2. The molecule has 1 fully saturated rings. The van der Waals surface area contributed by atoms with Crippen molar-refractivity contribution in [1.82, 2.24) is 9.88 Å². The maximum atomic E-state index is 13.5. The second-order valence-electron chi connectivity index (χ2n) is 8.85. The van der Waals surface area contributed by atoms with Crippen LogP contribution in [0.4, 0.5) is 4.39 Å². The van der Waals surface area contributed by atoms with Gasteiger partial charge in [0.1, 0.15) is 23.1 Å². The first-order valence-electron chi connectivity index (χ1n) is 11.8. The molecule has 2 heterocycles. The molecule has 7 nitrogen and oxygen atoms in total. The Hall–Kier alpha value is -4.30. The summed E-state index contributed by atoms with van der Waals surface area (Å²) < 4.78 is 24.1. The SMILES string of the molecule is COc1cc(OC)c(/C(O)=C2\C(=O)C(=O)N(CCc3ccc(F)cc3)C2c2c[nH]c3ccccc23)cc1Cl. The number of methoxy groups -OCH3 is 2. The van der Waals surface area contributed by atoms with Crippen LogP contribution in [-0.4, -0.2) is 47.4 Å². The number of ketones is 1. The van der Waals surface area contributed by atoms with Gasteiger partial charge < -0.3 is 24.5 Å². The van der Waals surface area contributed by atoms with Gasteiger partial charge in [0.05, 0.1) is 36.4 Å². The van der Waals surface area contributed by atoms with E-state index in [9.17, 15) is 19.1 Å². The molecule has 1 saturated heterocycles. The topological polar surface area (TPSA) is 91.9 Å². The molecule has 1 aliphatic rings. The first-order valence-corrected chi connectivity index (χ1v) is 12.2. The fourth-order valence-electron chi connectivity index (χ4n) is 4.84. The lowest BCUT2D eigenvalue weighted by Crippen LogP contribution is -2.31. The van der Waals surface area contributed by atoms with E-state index in [2.05, 4.69) is 4.98 Å². The molecule has 1 unspecified atom stereocenters. The van der Waals surface area contributed by atoms with Gasteiger partial charge in [-0.2, -0.15) is 0 Å².